The molecule has 4 nitrogen and oxygen atoms in total. The molecule has 9 aromatic rings. The van der Waals surface area contributed by atoms with Crippen molar-refractivity contribution in [2.24, 2.45) is 0 Å². The first-order chi connectivity index (χ1) is 24.6. The average Bonchev–Trinajstić information content (AvgIpc) is 3.81. The number of hydrogen-bond donors (Lipinski definition) is 0. The van der Waals surface area contributed by atoms with Crippen LogP contribution in [0, 0.1) is 0 Å². The molecule has 0 spiro atoms. The van der Waals surface area contributed by atoms with Crippen molar-refractivity contribution in [3.63, 3.8) is 0 Å². The summed E-state index contributed by atoms with van der Waals surface area (Å²) in [5, 5.41) is 4.20. The van der Waals surface area contributed by atoms with Gasteiger partial charge in [-0.2, -0.15) is 0 Å². The van der Waals surface area contributed by atoms with Gasteiger partial charge in [0.05, 0.1) is 27.7 Å². The molecule has 0 fully saturated rings. The van der Waals surface area contributed by atoms with E-state index in [1.54, 1.807) is 0 Å². The first-order valence-electron chi connectivity index (χ1n) is 18.1. The Labute approximate surface area is 298 Å². The summed E-state index contributed by atoms with van der Waals surface area (Å²) in [5.41, 5.74) is 13.9. The van der Waals surface area contributed by atoms with Crippen molar-refractivity contribution in [3.8, 4) is 28.2 Å². The lowest BCUT2D eigenvalue weighted by atomic mass is 9.86. The number of para-hydroxylation sites is 2. The Kier molecular flexibility index (Phi) is 7.05. The van der Waals surface area contributed by atoms with Crippen LogP contribution in [-0.4, -0.2) is 9.55 Å². The molecule has 6 aromatic carbocycles. The van der Waals surface area contributed by atoms with Gasteiger partial charge < -0.3 is 8.83 Å². The van der Waals surface area contributed by atoms with Crippen LogP contribution in [0.1, 0.15) is 77.0 Å². The van der Waals surface area contributed by atoms with Crippen molar-refractivity contribution < 1.29 is 8.83 Å². The predicted molar refractivity (Wildman–Crippen MR) is 213 cm³/mol. The molecular formula is C47H42N2O2. The van der Waals surface area contributed by atoms with E-state index in [9.17, 15) is 0 Å². The fourth-order valence-corrected chi connectivity index (χ4v) is 7.81. The summed E-state index contributed by atoms with van der Waals surface area (Å²) in [5.74, 6) is 1.42. The van der Waals surface area contributed by atoms with E-state index in [-0.39, 0.29) is 17.3 Å². The summed E-state index contributed by atoms with van der Waals surface area (Å²) in [6.07, 6.45) is 0. The number of hydrogen-bond acceptors (Lipinski definition) is 3. The number of aromatic nitrogens is 2. The normalized spacial score (nSPS) is 12.6. The van der Waals surface area contributed by atoms with Crippen LogP contribution in [0.2, 0.25) is 0 Å². The van der Waals surface area contributed by atoms with Crippen LogP contribution in [0.25, 0.3) is 83.1 Å². The summed E-state index contributed by atoms with van der Waals surface area (Å²) in [4.78, 5) is 5.52. The van der Waals surface area contributed by atoms with E-state index in [2.05, 4.69) is 156 Å². The summed E-state index contributed by atoms with van der Waals surface area (Å²) in [7, 11) is 0. The van der Waals surface area contributed by atoms with Gasteiger partial charge >= 0.3 is 0 Å². The number of imidazole rings is 1. The van der Waals surface area contributed by atoms with Crippen molar-refractivity contribution in [1.29, 1.82) is 0 Å². The number of rotatable bonds is 5. The largest absolute Gasteiger partial charge is 0.456 e. The Bertz CT molecular complexity index is 2750. The van der Waals surface area contributed by atoms with Gasteiger partial charge in [0.15, 0.2) is 0 Å². The highest BCUT2D eigenvalue weighted by Gasteiger charge is 2.27. The quantitative estimate of drug-likeness (QED) is 0.184. The van der Waals surface area contributed by atoms with E-state index >= 15 is 0 Å². The van der Waals surface area contributed by atoms with Gasteiger partial charge in [0, 0.05) is 16.2 Å². The molecule has 9 rings (SSSR count). The maximum absolute atomic E-state index is 7.00. The van der Waals surface area contributed by atoms with E-state index in [0.29, 0.717) is 0 Å². The molecule has 0 atom stereocenters. The summed E-state index contributed by atoms with van der Waals surface area (Å²) < 4.78 is 15.7. The second-order valence-corrected chi connectivity index (χ2v) is 15.6. The van der Waals surface area contributed by atoms with E-state index in [4.69, 9.17) is 13.8 Å². The van der Waals surface area contributed by atoms with Gasteiger partial charge in [-0.3, -0.25) is 4.57 Å². The smallest absolute Gasteiger partial charge is 0.149 e. The predicted octanol–water partition coefficient (Wildman–Crippen LogP) is 13.7. The number of nitrogens with zero attached hydrogens (tertiary/aromatic N) is 2. The molecule has 3 aromatic heterocycles. The molecule has 0 bridgehead atoms. The molecule has 0 amide bonds. The van der Waals surface area contributed by atoms with Crippen LogP contribution in [0.4, 0.5) is 0 Å². The Hall–Kier alpha value is -5.61. The van der Waals surface area contributed by atoms with E-state index in [1.165, 1.54) is 33.5 Å². The van der Waals surface area contributed by atoms with Gasteiger partial charge in [0.2, 0.25) is 0 Å². The fraction of sp³-hybridized carbons (Fsp3) is 0.213. The maximum Gasteiger partial charge on any atom is 0.149 e. The summed E-state index contributed by atoms with van der Waals surface area (Å²) in [6, 6.07) is 41.2. The van der Waals surface area contributed by atoms with Crippen molar-refractivity contribution in [2.75, 3.05) is 0 Å². The Morgan fingerprint density at radius 2 is 1.27 bits per heavy atom. The lowest BCUT2D eigenvalue weighted by Crippen LogP contribution is -2.11. The molecule has 252 valence electrons. The Balaban J connectivity index is 1.40. The van der Waals surface area contributed by atoms with Crippen LogP contribution in [0.3, 0.4) is 0 Å². The molecule has 0 unspecified atom stereocenters. The van der Waals surface area contributed by atoms with Gasteiger partial charge in [0.25, 0.3) is 0 Å². The molecule has 0 saturated carbocycles. The highest BCUT2D eigenvalue weighted by atomic mass is 16.3. The SMILES string of the molecule is CC(C)c1cc(-c2ccccc2)cc(C(C)C)c1-n1c(-c2cccc3c2oc2c3ccc3oc4ccccc4c32)nc2cc(C(C)(C)C)ccc21. The third-order valence-corrected chi connectivity index (χ3v) is 10.5. The van der Waals surface area contributed by atoms with Gasteiger partial charge in [0.1, 0.15) is 28.2 Å². The first kappa shape index (κ1) is 31.4. The monoisotopic (exact) mass is 666 g/mol. The second-order valence-electron chi connectivity index (χ2n) is 15.6. The van der Waals surface area contributed by atoms with Crippen LogP contribution >= 0.6 is 0 Å². The Morgan fingerprint density at radius 1 is 0.588 bits per heavy atom. The average molecular weight is 667 g/mol. The van der Waals surface area contributed by atoms with Crippen molar-refractivity contribution >= 4 is 54.9 Å². The third kappa shape index (κ3) is 4.92. The van der Waals surface area contributed by atoms with Crippen molar-refractivity contribution in [2.45, 2.75) is 65.7 Å². The van der Waals surface area contributed by atoms with Gasteiger partial charge in [-0.15, -0.1) is 0 Å². The highest BCUT2D eigenvalue weighted by Crippen LogP contribution is 2.45. The van der Waals surface area contributed by atoms with Crippen LogP contribution in [0.5, 0.6) is 0 Å². The molecule has 0 aliphatic rings. The van der Waals surface area contributed by atoms with Crippen LogP contribution in [0.15, 0.2) is 124 Å². The second kappa shape index (κ2) is 11.5. The summed E-state index contributed by atoms with van der Waals surface area (Å²) in [6.45, 7) is 16.0. The molecule has 0 aliphatic heterocycles. The molecule has 51 heavy (non-hydrogen) atoms. The zero-order chi connectivity index (χ0) is 35.2. The van der Waals surface area contributed by atoms with Gasteiger partial charge in [-0.1, -0.05) is 115 Å². The lowest BCUT2D eigenvalue weighted by molar-refractivity contribution is 0.591. The van der Waals surface area contributed by atoms with E-state index in [0.717, 1.165) is 66.3 Å². The molecule has 0 aliphatic carbocycles. The number of benzene rings is 6. The lowest BCUT2D eigenvalue weighted by Gasteiger charge is -2.24. The van der Waals surface area contributed by atoms with Gasteiger partial charge in [-0.25, -0.2) is 4.98 Å². The number of furan rings is 2. The van der Waals surface area contributed by atoms with E-state index in [1.807, 2.05) is 12.1 Å². The molecule has 0 radical (unpaired) electrons. The molecule has 4 heteroatoms. The standard InChI is InChI=1S/C47H42N2O2/c1-27(2)36-24-30(29-14-9-8-10-15-29)25-37(28(3)4)43(36)49-39-22-20-31(47(5,6)7)26-38(39)48-46(49)35-18-13-17-32-33-21-23-41-42(45(33)51-44(32)35)34-16-11-12-19-40(34)50-41/h8-28H,1-7H3. The highest BCUT2D eigenvalue weighted by molar-refractivity contribution is 6.23. The Morgan fingerprint density at radius 3 is 2.00 bits per heavy atom. The topological polar surface area (TPSA) is 44.1 Å². The van der Waals surface area contributed by atoms with Crippen LogP contribution < -0.4 is 0 Å². The van der Waals surface area contributed by atoms with E-state index < -0.39 is 0 Å². The molecule has 0 N–H and O–H groups in total. The molecular weight excluding hydrogens is 625 g/mol. The van der Waals surface area contributed by atoms with Crippen molar-refractivity contribution in [1.82, 2.24) is 9.55 Å². The summed E-state index contributed by atoms with van der Waals surface area (Å²) >= 11 is 0. The number of fused-ring (bicyclic) bond motifs is 8. The first-order valence-corrected chi connectivity index (χ1v) is 18.1. The van der Waals surface area contributed by atoms with Gasteiger partial charge in [-0.05, 0) is 93.6 Å². The minimum absolute atomic E-state index is 0.0147. The van der Waals surface area contributed by atoms with Crippen molar-refractivity contribution in [3.05, 3.63) is 132 Å². The molecule has 3 heterocycles. The fourth-order valence-electron chi connectivity index (χ4n) is 7.81. The third-order valence-electron chi connectivity index (χ3n) is 10.5. The maximum atomic E-state index is 7.00. The minimum atomic E-state index is -0.0147. The zero-order valence-electron chi connectivity index (χ0n) is 30.3. The minimum Gasteiger partial charge on any atom is -0.456 e. The zero-order valence-corrected chi connectivity index (χ0v) is 30.3. The van der Waals surface area contributed by atoms with Crippen LogP contribution in [-0.2, 0) is 5.41 Å². The molecule has 0 saturated heterocycles.